The van der Waals surface area contributed by atoms with Crippen LogP contribution >= 0.6 is 12.2 Å². The zero-order chi connectivity index (χ0) is 14.8. The van der Waals surface area contributed by atoms with E-state index in [1.165, 1.54) is 18.2 Å². The number of amides is 1. The number of nitrogens with one attached hydrogen (secondary N) is 1. The van der Waals surface area contributed by atoms with Crippen LogP contribution in [0.15, 0.2) is 18.2 Å². The summed E-state index contributed by atoms with van der Waals surface area (Å²) in [5.41, 5.74) is 5.13. The zero-order valence-electron chi connectivity index (χ0n) is 11.1. The first-order valence-electron chi connectivity index (χ1n) is 6.59. The Labute approximate surface area is 122 Å². The van der Waals surface area contributed by atoms with E-state index in [0.717, 1.165) is 19.3 Å². The second kappa shape index (κ2) is 5.66. The Morgan fingerprint density at radius 2 is 1.90 bits per heavy atom. The molecule has 1 aliphatic rings. The van der Waals surface area contributed by atoms with Gasteiger partial charge in [0.1, 0.15) is 11.5 Å². The zero-order valence-corrected chi connectivity index (χ0v) is 11.9. The highest BCUT2D eigenvalue weighted by molar-refractivity contribution is 7.80. The van der Waals surface area contributed by atoms with Crippen molar-refractivity contribution >= 4 is 23.1 Å². The molecule has 108 valence electrons. The van der Waals surface area contributed by atoms with Crippen LogP contribution in [0.1, 0.15) is 42.5 Å². The van der Waals surface area contributed by atoms with Gasteiger partial charge in [-0.25, -0.2) is 0 Å². The van der Waals surface area contributed by atoms with E-state index in [2.05, 4.69) is 5.32 Å². The number of aromatic hydroxyl groups is 2. The van der Waals surface area contributed by atoms with Crippen LogP contribution in [0.25, 0.3) is 0 Å². The van der Waals surface area contributed by atoms with Crippen molar-refractivity contribution in [1.82, 2.24) is 5.32 Å². The Morgan fingerprint density at radius 3 is 2.50 bits per heavy atom. The van der Waals surface area contributed by atoms with Crippen molar-refractivity contribution in [2.24, 2.45) is 5.73 Å². The second-order valence-corrected chi connectivity index (χ2v) is 5.60. The van der Waals surface area contributed by atoms with Gasteiger partial charge >= 0.3 is 0 Å². The highest BCUT2D eigenvalue weighted by Gasteiger charge is 2.37. The molecule has 0 spiro atoms. The van der Waals surface area contributed by atoms with E-state index >= 15 is 0 Å². The molecular formula is C14H18N2O3S. The molecule has 0 heterocycles. The molecule has 1 aromatic rings. The van der Waals surface area contributed by atoms with Gasteiger partial charge in [-0.3, -0.25) is 4.79 Å². The smallest absolute Gasteiger partial charge is 0.255 e. The summed E-state index contributed by atoms with van der Waals surface area (Å²) in [4.78, 5) is 12.6. The quantitative estimate of drug-likeness (QED) is 0.504. The van der Waals surface area contributed by atoms with Crippen LogP contribution in [-0.4, -0.2) is 26.6 Å². The van der Waals surface area contributed by atoms with Gasteiger partial charge in [-0.2, -0.15) is 0 Å². The van der Waals surface area contributed by atoms with Crippen molar-refractivity contribution in [1.29, 1.82) is 0 Å². The summed E-state index contributed by atoms with van der Waals surface area (Å²) in [6.45, 7) is 0. The number of carbonyl (C=O) groups excluding carboxylic acids is 1. The van der Waals surface area contributed by atoms with Crippen molar-refractivity contribution < 1.29 is 15.0 Å². The maximum Gasteiger partial charge on any atom is 0.255 e. The molecule has 5 nitrogen and oxygen atoms in total. The fourth-order valence-electron chi connectivity index (χ4n) is 2.58. The van der Waals surface area contributed by atoms with Crippen molar-refractivity contribution in [2.45, 2.75) is 37.6 Å². The maximum atomic E-state index is 12.3. The highest BCUT2D eigenvalue weighted by atomic mass is 32.1. The molecule has 0 aromatic heterocycles. The molecule has 0 bridgehead atoms. The van der Waals surface area contributed by atoms with Gasteiger partial charge in [-0.15, -0.1) is 0 Å². The monoisotopic (exact) mass is 294 g/mol. The summed E-state index contributed by atoms with van der Waals surface area (Å²) < 4.78 is 0. The Hall–Kier alpha value is -1.82. The van der Waals surface area contributed by atoms with Crippen LogP contribution in [0.2, 0.25) is 0 Å². The molecule has 1 amide bonds. The van der Waals surface area contributed by atoms with Crippen molar-refractivity contribution in [3.8, 4) is 11.5 Å². The number of thiocarbonyl (C=S) groups is 1. The maximum absolute atomic E-state index is 12.3. The lowest BCUT2D eigenvalue weighted by atomic mass is 9.81. The van der Waals surface area contributed by atoms with Crippen LogP contribution in [-0.2, 0) is 0 Å². The minimum Gasteiger partial charge on any atom is -0.508 e. The fraction of sp³-hybridized carbons (Fsp3) is 0.429. The average molecular weight is 294 g/mol. The summed E-state index contributed by atoms with van der Waals surface area (Å²) in [6.07, 6.45) is 4.40. The molecule has 0 radical (unpaired) electrons. The molecule has 2 rings (SSSR count). The summed E-state index contributed by atoms with van der Waals surface area (Å²) >= 11 is 5.11. The molecular weight excluding hydrogens is 276 g/mol. The highest BCUT2D eigenvalue weighted by Crippen LogP contribution is 2.30. The molecule has 6 heteroatoms. The third-order valence-electron chi connectivity index (χ3n) is 3.76. The molecule has 20 heavy (non-hydrogen) atoms. The third kappa shape index (κ3) is 2.85. The minimum absolute atomic E-state index is 0.0196. The summed E-state index contributed by atoms with van der Waals surface area (Å²) in [6, 6.07) is 3.81. The number of benzene rings is 1. The van der Waals surface area contributed by atoms with Crippen molar-refractivity contribution in [3.05, 3.63) is 23.8 Å². The predicted molar refractivity (Wildman–Crippen MR) is 79.8 cm³/mol. The first-order chi connectivity index (χ1) is 9.44. The van der Waals surface area contributed by atoms with Gasteiger partial charge in [0, 0.05) is 0 Å². The van der Waals surface area contributed by atoms with E-state index < -0.39 is 11.4 Å². The number of hydrogen-bond acceptors (Lipinski definition) is 4. The number of phenols is 2. The number of hydrogen-bond donors (Lipinski definition) is 4. The summed E-state index contributed by atoms with van der Waals surface area (Å²) in [5.74, 6) is -0.747. The first kappa shape index (κ1) is 14.6. The van der Waals surface area contributed by atoms with E-state index in [1.807, 2.05) is 0 Å². The summed E-state index contributed by atoms with van der Waals surface area (Å²) in [7, 11) is 0. The van der Waals surface area contributed by atoms with Gasteiger partial charge in [0.25, 0.3) is 5.91 Å². The van der Waals surface area contributed by atoms with Gasteiger partial charge in [0.15, 0.2) is 0 Å². The van der Waals surface area contributed by atoms with Crippen LogP contribution < -0.4 is 11.1 Å². The minimum atomic E-state index is -0.692. The standard InChI is InChI=1S/C14H18N2O3S/c15-13(20)14(6-2-1-3-7-14)16-12(19)10-8-9(17)4-5-11(10)18/h4-5,8,17-18H,1-3,6-7H2,(H2,15,20)(H,16,19). The molecule has 1 aromatic carbocycles. The first-order valence-corrected chi connectivity index (χ1v) is 7.00. The van der Waals surface area contributed by atoms with E-state index in [0.29, 0.717) is 12.8 Å². The Balaban J connectivity index is 2.24. The Bertz CT molecular complexity index is 539. The van der Waals surface area contributed by atoms with Crippen molar-refractivity contribution in [2.75, 3.05) is 0 Å². The SMILES string of the molecule is NC(=S)C1(NC(=O)c2cc(O)ccc2O)CCCCC1. The molecule has 5 N–H and O–H groups in total. The molecule has 1 aliphatic carbocycles. The van der Waals surface area contributed by atoms with Crippen LogP contribution in [0.5, 0.6) is 11.5 Å². The molecule has 0 atom stereocenters. The Kier molecular flexibility index (Phi) is 4.13. The predicted octanol–water partition coefficient (Wildman–Crippen LogP) is 1.82. The number of rotatable bonds is 3. The second-order valence-electron chi connectivity index (χ2n) is 5.16. The third-order valence-corrected chi connectivity index (χ3v) is 4.15. The van der Waals surface area contributed by atoms with Crippen LogP contribution in [0, 0.1) is 0 Å². The van der Waals surface area contributed by atoms with Crippen LogP contribution in [0.3, 0.4) is 0 Å². The van der Waals surface area contributed by atoms with Crippen LogP contribution in [0.4, 0.5) is 0 Å². The van der Waals surface area contributed by atoms with E-state index in [9.17, 15) is 15.0 Å². The normalized spacial score (nSPS) is 17.4. The lowest BCUT2D eigenvalue weighted by molar-refractivity contribution is 0.0905. The number of carbonyl (C=O) groups is 1. The number of nitrogens with two attached hydrogens (primary N) is 1. The molecule has 0 saturated heterocycles. The molecule has 0 aliphatic heterocycles. The van der Waals surface area contributed by atoms with Gasteiger partial charge < -0.3 is 21.3 Å². The number of phenolic OH excluding ortho intramolecular Hbond substituents is 2. The van der Waals surface area contributed by atoms with Gasteiger partial charge in [0.2, 0.25) is 0 Å². The topological polar surface area (TPSA) is 95.6 Å². The van der Waals surface area contributed by atoms with Crippen molar-refractivity contribution in [3.63, 3.8) is 0 Å². The summed E-state index contributed by atoms with van der Waals surface area (Å²) in [5, 5.41) is 22.0. The van der Waals surface area contributed by atoms with E-state index in [-0.39, 0.29) is 22.1 Å². The van der Waals surface area contributed by atoms with E-state index in [1.54, 1.807) is 0 Å². The van der Waals surface area contributed by atoms with Gasteiger partial charge in [-0.05, 0) is 31.0 Å². The average Bonchev–Trinajstić information content (AvgIpc) is 2.42. The lowest BCUT2D eigenvalue weighted by Crippen LogP contribution is -2.57. The van der Waals surface area contributed by atoms with Gasteiger partial charge in [0.05, 0.1) is 16.1 Å². The lowest BCUT2D eigenvalue weighted by Gasteiger charge is -2.37. The van der Waals surface area contributed by atoms with Gasteiger partial charge in [-0.1, -0.05) is 31.5 Å². The fourth-order valence-corrected chi connectivity index (χ4v) is 2.83. The van der Waals surface area contributed by atoms with E-state index in [4.69, 9.17) is 18.0 Å². The Morgan fingerprint density at radius 1 is 1.25 bits per heavy atom. The molecule has 1 saturated carbocycles. The molecule has 1 fully saturated rings. The molecule has 0 unspecified atom stereocenters. The largest absolute Gasteiger partial charge is 0.508 e.